The van der Waals surface area contributed by atoms with Gasteiger partial charge < -0.3 is 14.8 Å². The topological polar surface area (TPSA) is 75.4 Å². The summed E-state index contributed by atoms with van der Waals surface area (Å²) in [5.74, 6) is -0.596. The van der Waals surface area contributed by atoms with Crippen molar-refractivity contribution >= 4 is 5.97 Å². The lowest BCUT2D eigenvalue weighted by molar-refractivity contribution is 0.0690. The van der Waals surface area contributed by atoms with Crippen LogP contribution < -0.4 is 5.32 Å². The van der Waals surface area contributed by atoms with Crippen molar-refractivity contribution in [1.29, 1.82) is 0 Å². The highest BCUT2D eigenvalue weighted by Gasteiger charge is 2.14. The highest BCUT2D eigenvalue weighted by atomic mass is 16.4. The van der Waals surface area contributed by atoms with Crippen molar-refractivity contribution in [3.05, 3.63) is 17.8 Å². The van der Waals surface area contributed by atoms with Gasteiger partial charge in [-0.2, -0.15) is 0 Å². The van der Waals surface area contributed by atoms with E-state index in [1.165, 1.54) is 44.8 Å². The van der Waals surface area contributed by atoms with Crippen LogP contribution in [0.4, 0.5) is 0 Å². The van der Waals surface area contributed by atoms with Crippen molar-refractivity contribution in [2.45, 2.75) is 51.1 Å². The summed E-state index contributed by atoms with van der Waals surface area (Å²) in [6, 6.07) is 0.512. The molecule has 0 saturated heterocycles. The summed E-state index contributed by atoms with van der Waals surface area (Å²) in [5, 5.41) is 12.1. The Bertz CT molecular complexity index is 368. The Balaban J connectivity index is 1.81. The van der Waals surface area contributed by atoms with E-state index in [-0.39, 0.29) is 5.69 Å². The van der Waals surface area contributed by atoms with E-state index in [0.29, 0.717) is 18.5 Å². The van der Waals surface area contributed by atoms with Gasteiger partial charge in [-0.25, -0.2) is 9.78 Å². The predicted octanol–water partition coefficient (Wildman–Crippen LogP) is 2.19. The fraction of sp³-hybridized carbons (Fsp3) is 0.667. The minimum absolute atomic E-state index is 0.0253. The standard InChI is InChI=1S/C12H18N2O3/c15-12(16)10-8-17-11(14-10)7-13-9-5-3-1-2-4-6-9/h8-9,13H,1-7H2,(H,15,16). The molecule has 1 aromatic rings. The van der Waals surface area contributed by atoms with E-state index in [2.05, 4.69) is 10.3 Å². The Kier molecular flexibility index (Phi) is 4.14. The van der Waals surface area contributed by atoms with Gasteiger partial charge in [-0.1, -0.05) is 25.7 Å². The maximum absolute atomic E-state index is 10.6. The smallest absolute Gasteiger partial charge is 0.357 e. The minimum atomic E-state index is -1.05. The number of rotatable bonds is 4. The van der Waals surface area contributed by atoms with Gasteiger partial charge in [0.25, 0.3) is 0 Å². The number of carbonyl (C=O) groups is 1. The third kappa shape index (κ3) is 3.56. The molecule has 0 amide bonds. The first kappa shape index (κ1) is 12.1. The number of carboxylic acid groups (broad SMARTS) is 1. The number of nitrogens with zero attached hydrogens (tertiary/aromatic N) is 1. The summed E-state index contributed by atoms with van der Waals surface area (Å²) in [5.41, 5.74) is -0.0253. The highest BCUT2D eigenvalue weighted by Crippen LogP contribution is 2.17. The first-order chi connectivity index (χ1) is 8.25. The highest BCUT2D eigenvalue weighted by molar-refractivity contribution is 5.84. The Morgan fingerprint density at radius 2 is 2.12 bits per heavy atom. The summed E-state index contributed by atoms with van der Waals surface area (Å²) < 4.78 is 5.09. The molecule has 0 unspecified atom stereocenters. The summed E-state index contributed by atoms with van der Waals surface area (Å²) in [6.45, 7) is 0.512. The molecular formula is C12H18N2O3. The number of nitrogens with one attached hydrogen (secondary N) is 1. The second-order valence-electron chi connectivity index (χ2n) is 4.50. The molecule has 1 aromatic heterocycles. The van der Waals surface area contributed by atoms with E-state index in [4.69, 9.17) is 9.52 Å². The van der Waals surface area contributed by atoms with Crippen LogP contribution in [-0.4, -0.2) is 22.1 Å². The normalized spacial score (nSPS) is 17.9. The summed E-state index contributed by atoms with van der Waals surface area (Å²) in [6.07, 6.45) is 8.74. The van der Waals surface area contributed by atoms with Crippen LogP contribution in [0, 0.1) is 0 Å². The lowest BCUT2D eigenvalue weighted by Gasteiger charge is -2.14. The van der Waals surface area contributed by atoms with Crippen LogP contribution in [-0.2, 0) is 6.54 Å². The Morgan fingerprint density at radius 3 is 2.71 bits per heavy atom. The number of aromatic nitrogens is 1. The fourth-order valence-electron chi connectivity index (χ4n) is 2.21. The maximum atomic E-state index is 10.6. The van der Waals surface area contributed by atoms with Crippen molar-refractivity contribution < 1.29 is 14.3 Å². The maximum Gasteiger partial charge on any atom is 0.357 e. The molecule has 1 saturated carbocycles. The zero-order valence-electron chi connectivity index (χ0n) is 9.82. The Morgan fingerprint density at radius 1 is 1.41 bits per heavy atom. The third-order valence-corrected chi connectivity index (χ3v) is 3.17. The van der Waals surface area contributed by atoms with Gasteiger partial charge in [0.1, 0.15) is 6.26 Å². The van der Waals surface area contributed by atoms with Gasteiger partial charge in [0.15, 0.2) is 5.69 Å². The molecule has 2 N–H and O–H groups in total. The molecule has 1 fully saturated rings. The zero-order valence-corrected chi connectivity index (χ0v) is 9.82. The van der Waals surface area contributed by atoms with Crippen LogP contribution in [0.2, 0.25) is 0 Å². The molecule has 0 atom stereocenters. The molecule has 0 aliphatic heterocycles. The number of oxazole rings is 1. The molecule has 1 aliphatic rings. The molecule has 5 heteroatoms. The fourth-order valence-corrected chi connectivity index (χ4v) is 2.21. The van der Waals surface area contributed by atoms with Crippen LogP contribution in [0.15, 0.2) is 10.7 Å². The lowest BCUT2D eigenvalue weighted by atomic mass is 10.1. The van der Waals surface area contributed by atoms with Crippen molar-refractivity contribution in [3.63, 3.8) is 0 Å². The molecule has 0 bridgehead atoms. The van der Waals surface area contributed by atoms with Gasteiger partial charge in [-0.05, 0) is 12.8 Å². The molecular weight excluding hydrogens is 220 g/mol. The van der Waals surface area contributed by atoms with E-state index >= 15 is 0 Å². The molecule has 0 spiro atoms. The van der Waals surface area contributed by atoms with E-state index in [9.17, 15) is 4.79 Å². The van der Waals surface area contributed by atoms with Crippen molar-refractivity contribution in [3.8, 4) is 0 Å². The van der Waals surface area contributed by atoms with Gasteiger partial charge >= 0.3 is 5.97 Å². The number of carboxylic acids is 1. The van der Waals surface area contributed by atoms with Crippen molar-refractivity contribution in [2.75, 3.05) is 0 Å². The number of hydrogen-bond donors (Lipinski definition) is 2. The average molecular weight is 238 g/mol. The number of aromatic carboxylic acids is 1. The number of hydrogen-bond acceptors (Lipinski definition) is 4. The Hall–Kier alpha value is -1.36. The Labute approximate surface area is 100 Å². The van der Waals surface area contributed by atoms with Crippen LogP contribution in [0.1, 0.15) is 54.9 Å². The minimum Gasteiger partial charge on any atom is -0.476 e. The quantitative estimate of drug-likeness (QED) is 0.786. The lowest BCUT2D eigenvalue weighted by Crippen LogP contribution is -2.28. The summed E-state index contributed by atoms with van der Waals surface area (Å²) in [4.78, 5) is 14.5. The van der Waals surface area contributed by atoms with Crippen molar-refractivity contribution in [2.24, 2.45) is 0 Å². The predicted molar refractivity (Wildman–Crippen MR) is 61.8 cm³/mol. The zero-order chi connectivity index (χ0) is 12.1. The first-order valence-electron chi connectivity index (χ1n) is 6.17. The van der Waals surface area contributed by atoms with Crippen LogP contribution in [0.5, 0.6) is 0 Å². The molecule has 5 nitrogen and oxygen atoms in total. The molecule has 1 heterocycles. The van der Waals surface area contributed by atoms with Crippen LogP contribution in [0.25, 0.3) is 0 Å². The molecule has 1 aliphatic carbocycles. The van der Waals surface area contributed by atoms with Gasteiger partial charge in [0.2, 0.25) is 5.89 Å². The molecule has 17 heavy (non-hydrogen) atoms. The third-order valence-electron chi connectivity index (χ3n) is 3.17. The SMILES string of the molecule is O=C(O)c1coc(CNC2CCCCCC2)n1. The largest absolute Gasteiger partial charge is 0.476 e. The van der Waals surface area contributed by atoms with Gasteiger partial charge in [-0.15, -0.1) is 0 Å². The van der Waals surface area contributed by atoms with Gasteiger partial charge in [-0.3, -0.25) is 0 Å². The molecule has 94 valence electrons. The first-order valence-corrected chi connectivity index (χ1v) is 6.17. The van der Waals surface area contributed by atoms with E-state index in [1.807, 2.05) is 0 Å². The molecule has 0 radical (unpaired) electrons. The summed E-state index contributed by atoms with van der Waals surface area (Å²) >= 11 is 0. The van der Waals surface area contributed by atoms with Crippen LogP contribution >= 0.6 is 0 Å². The average Bonchev–Trinajstić information content (AvgIpc) is 2.63. The molecule has 2 rings (SSSR count). The second kappa shape index (κ2) is 5.82. The van der Waals surface area contributed by atoms with Crippen molar-refractivity contribution in [1.82, 2.24) is 10.3 Å². The summed E-state index contributed by atoms with van der Waals surface area (Å²) in [7, 11) is 0. The van der Waals surface area contributed by atoms with E-state index in [1.54, 1.807) is 0 Å². The van der Waals surface area contributed by atoms with E-state index in [0.717, 1.165) is 0 Å². The van der Waals surface area contributed by atoms with Gasteiger partial charge in [0.05, 0.1) is 6.54 Å². The second-order valence-corrected chi connectivity index (χ2v) is 4.50. The van der Waals surface area contributed by atoms with E-state index < -0.39 is 5.97 Å². The molecule has 0 aromatic carbocycles. The monoisotopic (exact) mass is 238 g/mol. The van der Waals surface area contributed by atoms with Gasteiger partial charge in [0, 0.05) is 6.04 Å². The van der Waals surface area contributed by atoms with Crippen LogP contribution in [0.3, 0.4) is 0 Å².